The van der Waals surface area contributed by atoms with Crippen molar-refractivity contribution in [3.63, 3.8) is 0 Å². The summed E-state index contributed by atoms with van der Waals surface area (Å²) in [5, 5.41) is 17.9. The second-order valence-electron chi connectivity index (χ2n) is 6.61. The van der Waals surface area contributed by atoms with Crippen molar-refractivity contribution in [2.24, 2.45) is 5.92 Å². The van der Waals surface area contributed by atoms with Gasteiger partial charge in [0.2, 0.25) is 5.91 Å². The zero-order valence-corrected chi connectivity index (χ0v) is 14.4. The van der Waals surface area contributed by atoms with Crippen molar-refractivity contribution >= 4 is 5.91 Å². The summed E-state index contributed by atoms with van der Waals surface area (Å²) < 4.78 is 15.0. The molecule has 2 heterocycles. The van der Waals surface area contributed by atoms with Crippen molar-refractivity contribution in [1.82, 2.24) is 30.8 Å². The molecule has 0 saturated carbocycles. The van der Waals surface area contributed by atoms with Crippen LogP contribution in [0.1, 0.15) is 30.8 Å². The average molecular weight is 346 g/mol. The van der Waals surface area contributed by atoms with E-state index in [0.717, 1.165) is 25.1 Å². The summed E-state index contributed by atoms with van der Waals surface area (Å²) in [4.78, 5) is 13.0. The van der Waals surface area contributed by atoms with Crippen LogP contribution in [0.4, 0.5) is 4.39 Å². The third kappa shape index (κ3) is 4.19. The molecule has 0 radical (unpaired) electrons. The lowest BCUT2D eigenvalue weighted by atomic mass is 9.94. The fraction of sp³-hybridized carbons (Fsp3) is 0.529. The maximum Gasteiger partial charge on any atom is 0.245 e. The molecule has 1 aliphatic rings. The van der Waals surface area contributed by atoms with E-state index in [4.69, 9.17) is 0 Å². The lowest BCUT2D eigenvalue weighted by Gasteiger charge is -2.31. The Kier molecular flexibility index (Phi) is 5.37. The van der Waals surface area contributed by atoms with Crippen molar-refractivity contribution in [1.29, 1.82) is 0 Å². The van der Waals surface area contributed by atoms with Crippen LogP contribution >= 0.6 is 0 Å². The molecule has 1 aromatic carbocycles. The fourth-order valence-corrected chi connectivity index (χ4v) is 3.21. The molecule has 1 aliphatic heterocycles. The van der Waals surface area contributed by atoms with Gasteiger partial charge in [0.1, 0.15) is 17.7 Å². The smallest absolute Gasteiger partial charge is 0.245 e. The standard InChI is InChI=1S/C17H23FN6O/c1-11-10-19-7-6-15(11)20-17(25)16(24-12(2)21-22-23-24)9-13-4-3-5-14(18)8-13/h3-5,8,11,15-16,19H,6-7,9-10H2,1-2H3,(H,20,25). The highest BCUT2D eigenvalue weighted by molar-refractivity contribution is 5.81. The molecule has 8 heteroatoms. The van der Waals surface area contributed by atoms with Gasteiger partial charge in [-0.1, -0.05) is 19.1 Å². The highest BCUT2D eigenvalue weighted by Crippen LogP contribution is 2.18. The average Bonchev–Trinajstić information content (AvgIpc) is 3.00. The van der Waals surface area contributed by atoms with E-state index in [1.54, 1.807) is 19.1 Å². The van der Waals surface area contributed by atoms with Crippen molar-refractivity contribution in [2.75, 3.05) is 13.1 Å². The molecular formula is C17H23FN6O. The van der Waals surface area contributed by atoms with Crippen LogP contribution in [0.15, 0.2) is 24.3 Å². The van der Waals surface area contributed by atoms with Gasteiger partial charge in [0.15, 0.2) is 0 Å². The van der Waals surface area contributed by atoms with Crippen LogP contribution in [0, 0.1) is 18.7 Å². The third-order valence-electron chi connectivity index (χ3n) is 4.69. The van der Waals surface area contributed by atoms with Crippen molar-refractivity contribution < 1.29 is 9.18 Å². The number of nitrogens with one attached hydrogen (secondary N) is 2. The molecule has 1 aromatic heterocycles. The first-order valence-electron chi connectivity index (χ1n) is 8.54. The molecule has 7 nitrogen and oxygen atoms in total. The first-order valence-corrected chi connectivity index (χ1v) is 8.54. The molecule has 134 valence electrons. The molecule has 1 saturated heterocycles. The molecule has 3 rings (SSSR count). The normalized spacial score (nSPS) is 21.7. The Morgan fingerprint density at radius 2 is 2.36 bits per heavy atom. The maximum absolute atomic E-state index is 13.5. The van der Waals surface area contributed by atoms with Crippen LogP contribution in [-0.2, 0) is 11.2 Å². The van der Waals surface area contributed by atoms with E-state index in [1.165, 1.54) is 16.8 Å². The Hall–Kier alpha value is -2.35. The van der Waals surface area contributed by atoms with E-state index in [-0.39, 0.29) is 17.8 Å². The summed E-state index contributed by atoms with van der Waals surface area (Å²) in [5.74, 6) is 0.438. The number of nitrogens with zero attached hydrogens (tertiary/aromatic N) is 4. The van der Waals surface area contributed by atoms with Gasteiger partial charge in [-0.15, -0.1) is 5.10 Å². The SMILES string of the molecule is Cc1nnnn1C(Cc1cccc(F)c1)C(=O)NC1CCNCC1C. The van der Waals surface area contributed by atoms with E-state index in [9.17, 15) is 9.18 Å². The van der Waals surface area contributed by atoms with Crippen molar-refractivity contribution in [2.45, 2.75) is 38.8 Å². The molecule has 3 unspecified atom stereocenters. The highest BCUT2D eigenvalue weighted by atomic mass is 19.1. The zero-order chi connectivity index (χ0) is 17.8. The van der Waals surface area contributed by atoms with Crippen LogP contribution < -0.4 is 10.6 Å². The number of rotatable bonds is 5. The van der Waals surface area contributed by atoms with Gasteiger partial charge in [-0.2, -0.15) is 0 Å². The van der Waals surface area contributed by atoms with Crippen LogP contribution in [0.25, 0.3) is 0 Å². The van der Waals surface area contributed by atoms with Crippen LogP contribution in [0.2, 0.25) is 0 Å². The van der Waals surface area contributed by atoms with E-state index in [2.05, 4.69) is 33.1 Å². The van der Waals surface area contributed by atoms with Gasteiger partial charge in [-0.25, -0.2) is 9.07 Å². The minimum Gasteiger partial charge on any atom is -0.351 e. The second kappa shape index (κ2) is 7.69. The number of tetrazole rings is 1. The van der Waals surface area contributed by atoms with Crippen LogP contribution in [0.5, 0.6) is 0 Å². The van der Waals surface area contributed by atoms with E-state index in [1.807, 2.05) is 0 Å². The minimum atomic E-state index is -0.612. The summed E-state index contributed by atoms with van der Waals surface area (Å²) in [7, 11) is 0. The largest absolute Gasteiger partial charge is 0.351 e. The highest BCUT2D eigenvalue weighted by Gasteiger charge is 2.29. The Bertz CT molecular complexity index is 733. The molecule has 3 atom stereocenters. The van der Waals surface area contributed by atoms with Gasteiger partial charge in [0.25, 0.3) is 0 Å². The molecule has 0 spiro atoms. The number of hydrogen-bond donors (Lipinski definition) is 2. The number of carbonyl (C=O) groups is 1. The van der Waals surface area contributed by atoms with E-state index < -0.39 is 6.04 Å². The second-order valence-corrected chi connectivity index (χ2v) is 6.61. The zero-order valence-electron chi connectivity index (χ0n) is 14.4. The van der Waals surface area contributed by atoms with Crippen molar-refractivity contribution in [3.05, 3.63) is 41.5 Å². The Labute approximate surface area is 146 Å². The molecule has 2 aromatic rings. The summed E-state index contributed by atoms with van der Waals surface area (Å²) in [6.07, 6.45) is 1.21. The quantitative estimate of drug-likeness (QED) is 0.844. The van der Waals surface area contributed by atoms with E-state index in [0.29, 0.717) is 18.2 Å². The number of aryl methyl sites for hydroxylation is 1. The van der Waals surface area contributed by atoms with E-state index >= 15 is 0 Å². The Morgan fingerprint density at radius 1 is 1.52 bits per heavy atom. The number of aromatic nitrogens is 4. The summed E-state index contributed by atoms with van der Waals surface area (Å²) >= 11 is 0. The number of benzene rings is 1. The van der Waals surface area contributed by atoms with Crippen molar-refractivity contribution in [3.8, 4) is 0 Å². The lowest BCUT2D eigenvalue weighted by Crippen LogP contribution is -2.50. The minimum absolute atomic E-state index is 0.112. The maximum atomic E-state index is 13.5. The molecular weight excluding hydrogens is 323 g/mol. The summed E-state index contributed by atoms with van der Waals surface area (Å²) in [6.45, 7) is 5.62. The van der Waals surface area contributed by atoms with Gasteiger partial charge in [0, 0.05) is 12.5 Å². The van der Waals surface area contributed by atoms with Gasteiger partial charge in [-0.3, -0.25) is 4.79 Å². The van der Waals surface area contributed by atoms with Crippen LogP contribution in [-0.4, -0.2) is 45.2 Å². The molecule has 0 aliphatic carbocycles. The number of amides is 1. The first-order chi connectivity index (χ1) is 12.0. The predicted molar refractivity (Wildman–Crippen MR) is 90.3 cm³/mol. The van der Waals surface area contributed by atoms with Crippen LogP contribution in [0.3, 0.4) is 0 Å². The Morgan fingerprint density at radius 3 is 3.04 bits per heavy atom. The number of halogens is 1. The molecule has 0 bridgehead atoms. The molecule has 25 heavy (non-hydrogen) atoms. The molecule has 2 N–H and O–H groups in total. The number of carbonyl (C=O) groups excluding carboxylic acids is 1. The number of piperidine rings is 1. The number of hydrogen-bond acceptors (Lipinski definition) is 5. The third-order valence-corrected chi connectivity index (χ3v) is 4.69. The Balaban J connectivity index is 1.80. The fourth-order valence-electron chi connectivity index (χ4n) is 3.21. The first kappa shape index (κ1) is 17.5. The molecule has 1 fully saturated rings. The lowest BCUT2D eigenvalue weighted by molar-refractivity contribution is -0.126. The summed E-state index contributed by atoms with van der Waals surface area (Å²) in [5.41, 5.74) is 0.730. The van der Waals surface area contributed by atoms with Gasteiger partial charge >= 0.3 is 0 Å². The monoisotopic (exact) mass is 346 g/mol. The van der Waals surface area contributed by atoms with Gasteiger partial charge in [0.05, 0.1) is 0 Å². The van der Waals surface area contributed by atoms with Gasteiger partial charge in [-0.05, 0) is 60.5 Å². The topological polar surface area (TPSA) is 84.7 Å². The molecule has 1 amide bonds. The van der Waals surface area contributed by atoms with Gasteiger partial charge < -0.3 is 10.6 Å². The summed E-state index contributed by atoms with van der Waals surface area (Å²) in [6, 6.07) is 5.77. The predicted octanol–water partition coefficient (Wildman–Crippen LogP) is 1.02.